The van der Waals surface area contributed by atoms with Crippen LogP contribution >= 0.6 is 0 Å². The zero-order valence-corrected chi connectivity index (χ0v) is 14.2. The van der Waals surface area contributed by atoms with Crippen molar-refractivity contribution in [1.29, 1.82) is 0 Å². The number of rotatable bonds is 7. The van der Waals surface area contributed by atoms with E-state index in [1.165, 1.54) is 7.11 Å². The first kappa shape index (κ1) is 18.1. The van der Waals surface area contributed by atoms with Gasteiger partial charge in [-0.2, -0.15) is 0 Å². The maximum atomic E-state index is 12.7. The molecule has 1 aromatic carbocycles. The van der Waals surface area contributed by atoms with Crippen molar-refractivity contribution in [2.75, 3.05) is 20.3 Å². The average Bonchev–Trinajstić information content (AvgIpc) is 2.36. The number of nitrogens with one attached hydrogen (secondary N) is 1. The Morgan fingerprint density at radius 2 is 1.71 bits per heavy atom. The quantitative estimate of drug-likeness (QED) is 0.801. The number of sulfonamides is 1. The molecular weight excluding hydrogens is 290 g/mol. The summed E-state index contributed by atoms with van der Waals surface area (Å²) in [6.07, 6.45) is 0.315. The van der Waals surface area contributed by atoms with Gasteiger partial charge in [-0.15, -0.1) is 0 Å². The highest BCUT2D eigenvalue weighted by molar-refractivity contribution is 7.89. The van der Waals surface area contributed by atoms with Crippen LogP contribution in [0.4, 0.5) is 0 Å². The van der Waals surface area contributed by atoms with Gasteiger partial charge in [-0.05, 0) is 56.4 Å². The van der Waals surface area contributed by atoms with Crippen LogP contribution in [0.3, 0.4) is 0 Å². The fourth-order valence-corrected chi connectivity index (χ4v) is 4.27. The molecule has 0 aliphatic heterocycles. The first-order valence-corrected chi connectivity index (χ1v) is 8.42. The highest BCUT2D eigenvalue weighted by atomic mass is 32.2. The fraction of sp³-hybridized carbons (Fsp3) is 0.600. The van der Waals surface area contributed by atoms with Gasteiger partial charge >= 0.3 is 0 Å². The van der Waals surface area contributed by atoms with E-state index < -0.39 is 16.1 Å². The van der Waals surface area contributed by atoms with Crippen LogP contribution in [0.1, 0.15) is 28.7 Å². The molecule has 0 aliphatic rings. The van der Waals surface area contributed by atoms with E-state index >= 15 is 0 Å². The predicted octanol–water partition coefficient (Wildman–Crippen LogP) is 1.60. The van der Waals surface area contributed by atoms with Crippen molar-refractivity contribution in [3.63, 3.8) is 0 Å². The number of hydrogen-bond donors (Lipinski definition) is 2. The van der Waals surface area contributed by atoms with Crippen molar-refractivity contribution in [3.8, 4) is 0 Å². The summed E-state index contributed by atoms with van der Waals surface area (Å²) in [5.74, 6) is 0. The van der Waals surface area contributed by atoms with Gasteiger partial charge in [0, 0.05) is 19.8 Å². The maximum absolute atomic E-state index is 12.7. The van der Waals surface area contributed by atoms with Gasteiger partial charge in [0.2, 0.25) is 10.0 Å². The predicted molar refractivity (Wildman–Crippen MR) is 83.1 cm³/mol. The Balaban J connectivity index is 3.25. The zero-order valence-electron chi connectivity index (χ0n) is 13.4. The molecule has 5 nitrogen and oxygen atoms in total. The van der Waals surface area contributed by atoms with E-state index in [-0.39, 0.29) is 13.2 Å². The van der Waals surface area contributed by atoms with Crippen molar-refractivity contribution in [2.24, 2.45) is 0 Å². The fourth-order valence-electron chi connectivity index (χ4n) is 2.40. The van der Waals surface area contributed by atoms with Crippen LogP contribution < -0.4 is 4.72 Å². The smallest absolute Gasteiger partial charge is 0.241 e. The van der Waals surface area contributed by atoms with Crippen LogP contribution in [0.25, 0.3) is 0 Å². The summed E-state index contributed by atoms with van der Waals surface area (Å²) >= 11 is 0. The molecule has 0 saturated carbocycles. The van der Waals surface area contributed by atoms with E-state index in [1.807, 2.05) is 33.8 Å². The summed E-state index contributed by atoms with van der Waals surface area (Å²) in [6.45, 7) is 7.56. The molecule has 1 unspecified atom stereocenters. The van der Waals surface area contributed by atoms with E-state index in [0.717, 1.165) is 22.3 Å². The van der Waals surface area contributed by atoms with Gasteiger partial charge in [0.1, 0.15) is 0 Å². The largest absolute Gasteiger partial charge is 0.396 e. The summed E-state index contributed by atoms with van der Waals surface area (Å²) in [6, 6.07) is 1.55. The van der Waals surface area contributed by atoms with Crippen LogP contribution in [0.2, 0.25) is 0 Å². The lowest BCUT2D eigenvalue weighted by Gasteiger charge is -2.20. The Labute approximate surface area is 127 Å². The van der Waals surface area contributed by atoms with E-state index in [0.29, 0.717) is 11.3 Å². The normalized spacial score (nSPS) is 13.4. The molecule has 0 amide bonds. The number of methoxy groups -OCH3 is 1. The minimum absolute atomic E-state index is 0.0959. The molecule has 120 valence electrons. The molecule has 21 heavy (non-hydrogen) atoms. The number of hydrogen-bond acceptors (Lipinski definition) is 4. The lowest BCUT2D eigenvalue weighted by molar-refractivity contribution is 0.158. The summed E-state index contributed by atoms with van der Waals surface area (Å²) in [5.41, 5.74) is 3.41. The van der Waals surface area contributed by atoms with Gasteiger partial charge in [-0.1, -0.05) is 6.07 Å². The molecule has 1 aromatic rings. The Bertz CT molecular complexity index is 564. The molecule has 1 rings (SSSR count). The molecule has 0 heterocycles. The Morgan fingerprint density at radius 3 is 2.14 bits per heavy atom. The van der Waals surface area contributed by atoms with Gasteiger partial charge < -0.3 is 9.84 Å². The topological polar surface area (TPSA) is 75.6 Å². The first-order chi connectivity index (χ1) is 9.74. The van der Waals surface area contributed by atoms with E-state index in [2.05, 4.69) is 4.72 Å². The second-order valence-electron chi connectivity index (χ2n) is 5.38. The first-order valence-electron chi connectivity index (χ1n) is 6.94. The number of benzene rings is 1. The molecule has 0 bridgehead atoms. The Kier molecular flexibility index (Phi) is 6.34. The minimum atomic E-state index is -3.65. The molecule has 0 radical (unpaired) electrons. The average molecular weight is 315 g/mol. The SMILES string of the molecule is COCC(CCO)NS(=O)(=O)c1c(C)c(C)cc(C)c1C. The molecular formula is C15H25NO4S. The van der Waals surface area contributed by atoms with Gasteiger partial charge in [-0.3, -0.25) is 0 Å². The summed E-state index contributed by atoms with van der Waals surface area (Å²) in [5, 5.41) is 9.04. The summed E-state index contributed by atoms with van der Waals surface area (Å²) < 4.78 is 33.0. The third-order valence-corrected chi connectivity index (χ3v) is 5.53. The third kappa shape index (κ3) is 4.26. The third-order valence-electron chi connectivity index (χ3n) is 3.73. The zero-order chi connectivity index (χ0) is 16.2. The van der Waals surface area contributed by atoms with Crippen molar-refractivity contribution >= 4 is 10.0 Å². The van der Waals surface area contributed by atoms with Crippen LogP contribution in [-0.2, 0) is 14.8 Å². The van der Waals surface area contributed by atoms with Gasteiger partial charge in [0.05, 0.1) is 11.5 Å². The number of aryl methyl sites for hydroxylation is 2. The van der Waals surface area contributed by atoms with Gasteiger partial charge in [-0.25, -0.2) is 13.1 Å². The Hall–Kier alpha value is -0.950. The second-order valence-corrected chi connectivity index (χ2v) is 7.03. The van der Waals surface area contributed by atoms with Crippen molar-refractivity contribution < 1.29 is 18.3 Å². The van der Waals surface area contributed by atoms with Crippen LogP contribution in [0.5, 0.6) is 0 Å². The number of ether oxygens (including phenoxy) is 1. The molecule has 0 aliphatic carbocycles. The molecule has 0 saturated heterocycles. The molecule has 6 heteroatoms. The maximum Gasteiger partial charge on any atom is 0.241 e. The lowest BCUT2D eigenvalue weighted by Crippen LogP contribution is -2.39. The summed E-state index contributed by atoms with van der Waals surface area (Å²) in [7, 11) is -2.15. The standard InChI is InChI=1S/C15H25NO4S/c1-10-8-11(2)13(4)15(12(10)3)21(18,19)16-14(6-7-17)9-20-5/h8,14,16-17H,6-7,9H2,1-5H3. The molecule has 2 N–H and O–H groups in total. The number of aliphatic hydroxyl groups excluding tert-OH is 1. The van der Waals surface area contributed by atoms with Crippen LogP contribution in [0.15, 0.2) is 11.0 Å². The minimum Gasteiger partial charge on any atom is -0.396 e. The van der Waals surface area contributed by atoms with Gasteiger partial charge in [0.25, 0.3) is 0 Å². The van der Waals surface area contributed by atoms with Crippen molar-refractivity contribution in [2.45, 2.75) is 45.1 Å². The number of aliphatic hydroxyl groups is 1. The van der Waals surface area contributed by atoms with Gasteiger partial charge in [0.15, 0.2) is 0 Å². The molecule has 0 aromatic heterocycles. The highest BCUT2D eigenvalue weighted by Gasteiger charge is 2.25. The lowest BCUT2D eigenvalue weighted by atomic mass is 10.0. The Morgan fingerprint density at radius 1 is 1.19 bits per heavy atom. The monoisotopic (exact) mass is 315 g/mol. The highest BCUT2D eigenvalue weighted by Crippen LogP contribution is 2.26. The molecule has 0 spiro atoms. The second kappa shape index (κ2) is 7.35. The van der Waals surface area contributed by atoms with Crippen LogP contribution in [0, 0.1) is 27.7 Å². The van der Waals surface area contributed by atoms with Crippen molar-refractivity contribution in [3.05, 3.63) is 28.3 Å². The van der Waals surface area contributed by atoms with E-state index in [1.54, 1.807) is 0 Å². The molecule has 1 atom stereocenters. The summed E-state index contributed by atoms with van der Waals surface area (Å²) in [4.78, 5) is 0.332. The molecule has 0 fully saturated rings. The van der Waals surface area contributed by atoms with E-state index in [4.69, 9.17) is 9.84 Å². The van der Waals surface area contributed by atoms with Crippen LogP contribution in [-0.4, -0.2) is 39.9 Å². The van der Waals surface area contributed by atoms with E-state index in [9.17, 15) is 8.42 Å². The van der Waals surface area contributed by atoms with Crippen molar-refractivity contribution in [1.82, 2.24) is 4.72 Å².